The number of hydrogen-bond donors (Lipinski definition) is 0. The maximum absolute atomic E-state index is 6.47. The van der Waals surface area contributed by atoms with E-state index in [-0.39, 0.29) is 23.2 Å². The van der Waals surface area contributed by atoms with Crippen molar-refractivity contribution in [1.82, 2.24) is 0 Å². The molecule has 0 N–H and O–H groups in total. The lowest BCUT2D eigenvalue weighted by atomic mass is 9.83. The van der Waals surface area contributed by atoms with Gasteiger partial charge in [0.1, 0.15) is 6.10 Å². The smallest absolute Gasteiger partial charge is 0.163 e. The molecule has 0 aromatic heterocycles. The van der Waals surface area contributed by atoms with Crippen LogP contribution in [0.15, 0.2) is 24.8 Å². The van der Waals surface area contributed by atoms with Crippen LogP contribution in [0.1, 0.15) is 54.4 Å². The van der Waals surface area contributed by atoms with Crippen LogP contribution in [0.2, 0.25) is 0 Å². The van der Waals surface area contributed by atoms with E-state index >= 15 is 0 Å². The molecular weight excluding hydrogens is 276 g/mol. The first-order valence-electron chi connectivity index (χ1n) is 8.39. The molecule has 2 fully saturated rings. The van der Waals surface area contributed by atoms with E-state index in [0.717, 1.165) is 12.8 Å². The van der Waals surface area contributed by atoms with Gasteiger partial charge in [-0.15, -0.1) is 6.58 Å². The van der Waals surface area contributed by atoms with Gasteiger partial charge in [-0.05, 0) is 39.5 Å². The van der Waals surface area contributed by atoms with Crippen molar-refractivity contribution in [3.63, 3.8) is 0 Å². The molecule has 3 heteroatoms. The third kappa shape index (κ3) is 3.81. The van der Waals surface area contributed by atoms with Gasteiger partial charge in [-0.25, -0.2) is 0 Å². The fourth-order valence-electron chi connectivity index (χ4n) is 3.19. The van der Waals surface area contributed by atoms with Crippen molar-refractivity contribution in [2.75, 3.05) is 6.61 Å². The van der Waals surface area contributed by atoms with E-state index in [9.17, 15) is 0 Å². The third-order valence-electron chi connectivity index (χ3n) is 5.03. The first-order chi connectivity index (χ1) is 10.1. The quantitative estimate of drug-likeness (QED) is 0.701. The Morgan fingerprint density at radius 2 is 1.91 bits per heavy atom. The summed E-state index contributed by atoms with van der Waals surface area (Å²) in [5.41, 5.74) is -0.252. The SMILES string of the molecule is C=C[C@H](C)/C=C/C(C)(C)[C@H]1CC[C@@](C)([C@H]2COC(C)(C)O2)O1. The fourth-order valence-corrected chi connectivity index (χ4v) is 3.19. The Balaban J connectivity index is 2.02. The highest BCUT2D eigenvalue weighted by Gasteiger charge is 2.51. The van der Waals surface area contributed by atoms with Crippen LogP contribution in [-0.2, 0) is 14.2 Å². The largest absolute Gasteiger partial charge is 0.368 e. The maximum atomic E-state index is 6.47. The van der Waals surface area contributed by atoms with Crippen LogP contribution in [0.3, 0.4) is 0 Å². The molecule has 4 atom stereocenters. The maximum Gasteiger partial charge on any atom is 0.163 e. The number of ether oxygens (including phenoxy) is 3. The van der Waals surface area contributed by atoms with Gasteiger partial charge in [0.05, 0.1) is 18.3 Å². The summed E-state index contributed by atoms with van der Waals surface area (Å²) in [6.07, 6.45) is 8.72. The molecule has 0 bridgehead atoms. The Hall–Kier alpha value is -0.640. The summed E-state index contributed by atoms with van der Waals surface area (Å²) >= 11 is 0. The van der Waals surface area contributed by atoms with Crippen LogP contribution in [0.5, 0.6) is 0 Å². The minimum atomic E-state index is -0.496. The standard InChI is InChI=1S/C19H32O3/c1-8-14(2)9-11-17(3,4)15-10-12-19(7,22-15)16-13-20-18(5,6)21-16/h8-9,11,14-16H,1,10,12-13H2,2-7H3/b11-9+/t14-,15+,16+,19-/m0/s1. The van der Waals surface area contributed by atoms with Gasteiger partial charge in [-0.2, -0.15) is 0 Å². The van der Waals surface area contributed by atoms with Gasteiger partial charge < -0.3 is 14.2 Å². The van der Waals surface area contributed by atoms with Gasteiger partial charge in [-0.1, -0.05) is 39.0 Å². The highest BCUT2D eigenvalue weighted by atomic mass is 16.8. The normalized spacial score (nSPS) is 36.8. The summed E-state index contributed by atoms with van der Waals surface area (Å²) in [6, 6.07) is 0. The lowest BCUT2D eigenvalue weighted by molar-refractivity contribution is -0.180. The zero-order chi connectivity index (χ0) is 16.6. The van der Waals surface area contributed by atoms with Crippen LogP contribution in [0.4, 0.5) is 0 Å². The van der Waals surface area contributed by atoms with E-state index in [0.29, 0.717) is 12.5 Å². The summed E-state index contributed by atoms with van der Waals surface area (Å²) in [4.78, 5) is 0. The predicted molar refractivity (Wildman–Crippen MR) is 89.7 cm³/mol. The van der Waals surface area contributed by atoms with Gasteiger partial charge in [-0.3, -0.25) is 0 Å². The van der Waals surface area contributed by atoms with Gasteiger partial charge in [0.2, 0.25) is 0 Å². The Morgan fingerprint density at radius 1 is 1.23 bits per heavy atom. The van der Waals surface area contributed by atoms with E-state index in [1.807, 2.05) is 19.9 Å². The Bertz CT molecular complexity index is 438. The van der Waals surface area contributed by atoms with Crippen LogP contribution in [0.25, 0.3) is 0 Å². The van der Waals surface area contributed by atoms with Crippen LogP contribution < -0.4 is 0 Å². The molecule has 0 saturated carbocycles. The van der Waals surface area contributed by atoms with Gasteiger partial charge >= 0.3 is 0 Å². The fraction of sp³-hybridized carbons (Fsp3) is 0.789. The second kappa shape index (κ2) is 6.10. The lowest BCUT2D eigenvalue weighted by Crippen LogP contribution is -2.43. The monoisotopic (exact) mass is 308 g/mol. The molecule has 0 radical (unpaired) electrons. The molecule has 0 aromatic rings. The third-order valence-corrected chi connectivity index (χ3v) is 5.03. The molecule has 0 aliphatic carbocycles. The molecule has 22 heavy (non-hydrogen) atoms. The summed E-state index contributed by atoms with van der Waals surface area (Å²) in [7, 11) is 0. The molecule has 2 saturated heterocycles. The lowest BCUT2D eigenvalue weighted by Gasteiger charge is -2.34. The zero-order valence-corrected chi connectivity index (χ0v) is 15.0. The second-order valence-corrected chi connectivity index (χ2v) is 8.05. The number of allylic oxidation sites excluding steroid dienone is 2. The molecular formula is C19H32O3. The van der Waals surface area contributed by atoms with Crippen LogP contribution in [0, 0.1) is 11.3 Å². The van der Waals surface area contributed by atoms with Crippen LogP contribution >= 0.6 is 0 Å². The van der Waals surface area contributed by atoms with Crippen LogP contribution in [-0.4, -0.2) is 30.2 Å². The molecule has 0 amide bonds. The minimum Gasteiger partial charge on any atom is -0.368 e. The van der Waals surface area contributed by atoms with E-state index < -0.39 is 5.79 Å². The molecule has 0 unspecified atom stereocenters. The average molecular weight is 308 g/mol. The van der Waals surface area contributed by atoms with Crippen molar-refractivity contribution in [2.45, 2.75) is 78.0 Å². The topological polar surface area (TPSA) is 27.7 Å². The zero-order valence-electron chi connectivity index (χ0n) is 15.0. The summed E-state index contributed by atoms with van der Waals surface area (Å²) in [5, 5.41) is 0. The number of hydrogen-bond acceptors (Lipinski definition) is 3. The van der Waals surface area contributed by atoms with E-state index in [1.165, 1.54) is 0 Å². The molecule has 0 aromatic carbocycles. The van der Waals surface area contributed by atoms with E-state index in [4.69, 9.17) is 14.2 Å². The van der Waals surface area contributed by atoms with E-state index in [2.05, 4.69) is 46.4 Å². The molecule has 2 aliphatic rings. The second-order valence-electron chi connectivity index (χ2n) is 8.05. The predicted octanol–water partition coefficient (Wildman–Crippen LogP) is 4.48. The van der Waals surface area contributed by atoms with Crippen molar-refractivity contribution in [2.24, 2.45) is 11.3 Å². The van der Waals surface area contributed by atoms with Crippen molar-refractivity contribution in [1.29, 1.82) is 0 Å². The van der Waals surface area contributed by atoms with Crippen molar-refractivity contribution >= 4 is 0 Å². The summed E-state index contributed by atoms with van der Waals surface area (Å²) < 4.78 is 18.2. The molecule has 0 spiro atoms. The first kappa shape index (κ1) is 17.7. The van der Waals surface area contributed by atoms with Gasteiger partial charge in [0, 0.05) is 5.41 Å². The van der Waals surface area contributed by atoms with E-state index in [1.54, 1.807) is 0 Å². The summed E-state index contributed by atoms with van der Waals surface area (Å²) in [6.45, 7) is 17.2. The highest BCUT2D eigenvalue weighted by Crippen LogP contribution is 2.44. The van der Waals surface area contributed by atoms with Gasteiger partial charge in [0.15, 0.2) is 5.79 Å². The highest BCUT2D eigenvalue weighted by molar-refractivity contribution is 5.07. The van der Waals surface area contributed by atoms with Gasteiger partial charge in [0.25, 0.3) is 0 Å². The first-order valence-corrected chi connectivity index (χ1v) is 8.39. The minimum absolute atomic E-state index is 0.00398. The number of rotatable bonds is 5. The van der Waals surface area contributed by atoms with Crippen molar-refractivity contribution in [3.8, 4) is 0 Å². The molecule has 2 rings (SSSR count). The Kier molecular flexibility index (Phi) is 4.91. The molecule has 2 heterocycles. The average Bonchev–Trinajstić information content (AvgIpc) is 3.01. The Morgan fingerprint density at radius 3 is 2.45 bits per heavy atom. The van der Waals surface area contributed by atoms with Crippen molar-refractivity contribution in [3.05, 3.63) is 24.8 Å². The molecule has 126 valence electrons. The molecule has 2 aliphatic heterocycles. The summed E-state index contributed by atoms with van der Waals surface area (Å²) in [5.74, 6) is -0.108. The molecule has 3 nitrogen and oxygen atoms in total. The van der Waals surface area contributed by atoms with Crippen molar-refractivity contribution < 1.29 is 14.2 Å². The Labute approximate surface area is 135 Å².